The fourth-order valence-corrected chi connectivity index (χ4v) is 3.29. The quantitative estimate of drug-likeness (QED) is 0.845. The Kier molecular flexibility index (Phi) is 6.07. The molecule has 0 bridgehead atoms. The lowest BCUT2D eigenvalue weighted by Gasteiger charge is -2.34. The molecule has 1 aliphatic heterocycles. The highest BCUT2D eigenvalue weighted by Crippen LogP contribution is 2.27. The average Bonchev–Trinajstić information content (AvgIpc) is 2.53. The normalized spacial score (nSPS) is 19.1. The smallest absolute Gasteiger partial charge is 0.338 e. The Hall–Kier alpha value is -1.53. The zero-order valence-electron chi connectivity index (χ0n) is 13.9. The van der Waals surface area contributed by atoms with Gasteiger partial charge in [0.25, 0.3) is 6.43 Å². The lowest BCUT2D eigenvalue weighted by molar-refractivity contribution is 0.0598. The third kappa shape index (κ3) is 4.06. The summed E-state index contributed by atoms with van der Waals surface area (Å²) in [5.74, 6) is -0.340. The number of piperazine rings is 1. The molecule has 6 heteroatoms. The minimum absolute atomic E-state index is 0.000466. The molecule has 4 nitrogen and oxygen atoms in total. The lowest BCUT2D eigenvalue weighted by atomic mass is 9.90. The molecule has 0 saturated carbocycles. The van der Waals surface area contributed by atoms with Crippen molar-refractivity contribution in [3.05, 3.63) is 34.4 Å². The number of esters is 1. The van der Waals surface area contributed by atoms with Crippen molar-refractivity contribution in [3.63, 3.8) is 0 Å². The molecule has 1 fully saturated rings. The van der Waals surface area contributed by atoms with Crippen LogP contribution < -0.4 is 5.32 Å². The largest absolute Gasteiger partial charge is 0.465 e. The molecule has 1 N–H and O–H groups in total. The van der Waals surface area contributed by atoms with Crippen molar-refractivity contribution in [3.8, 4) is 0 Å². The monoisotopic (exact) mass is 326 g/mol. The molecule has 0 amide bonds. The van der Waals surface area contributed by atoms with E-state index in [2.05, 4.69) is 5.32 Å². The third-order valence-corrected chi connectivity index (χ3v) is 4.43. The summed E-state index contributed by atoms with van der Waals surface area (Å²) in [4.78, 5) is 13.7. The zero-order valence-corrected chi connectivity index (χ0v) is 13.9. The molecule has 0 spiro atoms. The molecule has 1 atom stereocenters. The van der Waals surface area contributed by atoms with Crippen molar-refractivity contribution in [2.24, 2.45) is 0 Å². The average molecular weight is 326 g/mol. The van der Waals surface area contributed by atoms with Crippen molar-refractivity contribution < 1.29 is 18.3 Å². The molecule has 2 rings (SSSR count). The highest BCUT2D eigenvalue weighted by Gasteiger charge is 2.25. The maximum atomic E-state index is 12.6. The number of benzene rings is 1. The number of methoxy groups -OCH3 is 1. The van der Waals surface area contributed by atoms with E-state index in [1.165, 1.54) is 7.11 Å². The van der Waals surface area contributed by atoms with E-state index in [1.807, 2.05) is 19.9 Å². The Balaban J connectivity index is 2.27. The van der Waals surface area contributed by atoms with Gasteiger partial charge in [-0.3, -0.25) is 4.90 Å². The predicted molar refractivity (Wildman–Crippen MR) is 85.1 cm³/mol. The Morgan fingerprint density at radius 3 is 2.83 bits per heavy atom. The number of hydrogen-bond acceptors (Lipinski definition) is 4. The molecular weight excluding hydrogens is 302 g/mol. The Bertz CT molecular complexity index is 564. The Labute approximate surface area is 135 Å². The van der Waals surface area contributed by atoms with Crippen molar-refractivity contribution in [1.29, 1.82) is 0 Å². The maximum absolute atomic E-state index is 12.6. The number of halogens is 2. The summed E-state index contributed by atoms with van der Waals surface area (Å²) >= 11 is 0. The fourth-order valence-electron chi connectivity index (χ4n) is 3.29. The van der Waals surface area contributed by atoms with Crippen LogP contribution in [-0.4, -0.2) is 50.6 Å². The highest BCUT2D eigenvalue weighted by molar-refractivity contribution is 5.91. The van der Waals surface area contributed by atoms with Gasteiger partial charge < -0.3 is 10.1 Å². The van der Waals surface area contributed by atoms with E-state index in [9.17, 15) is 13.6 Å². The molecule has 23 heavy (non-hydrogen) atoms. The molecule has 0 aliphatic carbocycles. The first-order valence-corrected chi connectivity index (χ1v) is 7.92. The molecule has 1 aromatic carbocycles. The van der Waals surface area contributed by atoms with Crippen LogP contribution in [0.25, 0.3) is 0 Å². The van der Waals surface area contributed by atoms with Gasteiger partial charge in [0.1, 0.15) is 0 Å². The van der Waals surface area contributed by atoms with Gasteiger partial charge in [0.2, 0.25) is 0 Å². The second-order valence-electron chi connectivity index (χ2n) is 5.81. The molecule has 1 aliphatic rings. The molecule has 1 saturated heterocycles. The van der Waals surface area contributed by atoms with Crippen LogP contribution in [-0.2, 0) is 11.2 Å². The van der Waals surface area contributed by atoms with Crippen LogP contribution in [0, 0.1) is 6.92 Å². The van der Waals surface area contributed by atoms with E-state index in [0.717, 1.165) is 23.1 Å². The number of carbonyl (C=O) groups is 1. The fraction of sp³-hybridized carbons (Fsp3) is 0.588. The van der Waals surface area contributed by atoms with Gasteiger partial charge in [-0.2, -0.15) is 0 Å². The van der Waals surface area contributed by atoms with Crippen LogP contribution in [0.15, 0.2) is 12.1 Å². The van der Waals surface area contributed by atoms with Gasteiger partial charge in [0.15, 0.2) is 0 Å². The van der Waals surface area contributed by atoms with Crippen molar-refractivity contribution in [2.45, 2.75) is 32.7 Å². The Morgan fingerprint density at radius 2 is 2.22 bits per heavy atom. The minimum atomic E-state index is -2.32. The summed E-state index contributed by atoms with van der Waals surface area (Å²) in [7, 11) is 1.37. The van der Waals surface area contributed by atoms with Crippen LogP contribution in [0.1, 0.15) is 40.0 Å². The third-order valence-electron chi connectivity index (χ3n) is 4.43. The van der Waals surface area contributed by atoms with Crippen LogP contribution in [0.4, 0.5) is 8.78 Å². The van der Waals surface area contributed by atoms with Crippen LogP contribution in [0.3, 0.4) is 0 Å². The summed E-state index contributed by atoms with van der Waals surface area (Å²) in [5.41, 5.74) is 3.64. The summed E-state index contributed by atoms with van der Waals surface area (Å²) in [6, 6.07) is 3.69. The standard InChI is InChI=1S/C17H24F2N2O2/c1-4-12-11(2)13(5-6-14(12)17(22)23-3)15-9-21(8-7-20-15)10-16(18)19/h5-6,15-16,20H,4,7-10H2,1-3H3. The van der Waals surface area contributed by atoms with E-state index in [0.29, 0.717) is 25.2 Å². The van der Waals surface area contributed by atoms with Crippen LogP contribution in [0.5, 0.6) is 0 Å². The van der Waals surface area contributed by atoms with E-state index in [1.54, 1.807) is 11.0 Å². The number of nitrogens with one attached hydrogen (secondary N) is 1. The van der Waals surface area contributed by atoms with Crippen LogP contribution >= 0.6 is 0 Å². The number of hydrogen-bond donors (Lipinski definition) is 1. The van der Waals surface area contributed by atoms with E-state index in [4.69, 9.17) is 4.74 Å². The van der Waals surface area contributed by atoms with Gasteiger partial charge in [-0.15, -0.1) is 0 Å². The maximum Gasteiger partial charge on any atom is 0.338 e. The topological polar surface area (TPSA) is 41.6 Å². The molecule has 128 valence electrons. The molecular formula is C17H24F2N2O2. The molecule has 0 aromatic heterocycles. The number of carbonyl (C=O) groups excluding carboxylic acids is 1. The van der Waals surface area contributed by atoms with Gasteiger partial charge in [0.05, 0.1) is 19.2 Å². The molecule has 1 heterocycles. The number of ether oxygens (including phenoxy) is 1. The van der Waals surface area contributed by atoms with Crippen molar-refractivity contribution in [2.75, 3.05) is 33.3 Å². The second-order valence-corrected chi connectivity index (χ2v) is 5.81. The summed E-state index contributed by atoms with van der Waals surface area (Å²) in [5, 5.41) is 3.39. The molecule has 1 aromatic rings. The zero-order chi connectivity index (χ0) is 17.0. The van der Waals surface area contributed by atoms with E-state index >= 15 is 0 Å². The van der Waals surface area contributed by atoms with E-state index < -0.39 is 6.43 Å². The highest BCUT2D eigenvalue weighted by atomic mass is 19.3. The van der Waals surface area contributed by atoms with Crippen LogP contribution in [0.2, 0.25) is 0 Å². The number of nitrogens with zero attached hydrogens (tertiary/aromatic N) is 1. The first-order valence-electron chi connectivity index (χ1n) is 7.92. The van der Waals surface area contributed by atoms with Gasteiger partial charge >= 0.3 is 5.97 Å². The molecule has 0 radical (unpaired) electrons. The van der Waals surface area contributed by atoms with E-state index in [-0.39, 0.29) is 18.6 Å². The van der Waals surface area contributed by atoms with Crippen molar-refractivity contribution in [1.82, 2.24) is 10.2 Å². The molecule has 1 unspecified atom stereocenters. The summed E-state index contributed by atoms with van der Waals surface area (Å²) in [6.07, 6.45) is -1.60. The van der Waals surface area contributed by atoms with Gasteiger partial charge in [-0.25, -0.2) is 13.6 Å². The lowest BCUT2D eigenvalue weighted by Crippen LogP contribution is -2.47. The number of rotatable bonds is 5. The number of alkyl halides is 2. The predicted octanol–water partition coefficient (Wildman–Crippen LogP) is 2.56. The first kappa shape index (κ1) is 17.8. The van der Waals surface area contributed by atoms with Gasteiger partial charge in [-0.1, -0.05) is 13.0 Å². The van der Waals surface area contributed by atoms with Gasteiger partial charge in [-0.05, 0) is 36.1 Å². The summed E-state index contributed by atoms with van der Waals surface area (Å²) in [6.45, 7) is 5.63. The Morgan fingerprint density at radius 1 is 1.48 bits per heavy atom. The van der Waals surface area contributed by atoms with Gasteiger partial charge in [0, 0.05) is 25.7 Å². The van der Waals surface area contributed by atoms with Crippen molar-refractivity contribution >= 4 is 5.97 Å². The first-order chi connectivity index (χ1) is 11.0. The minimum Gasteiger partial charge on any atom is -0.465 e. The SMILES string of the molecule is CCc1c(C(=O)OC)ccc(C2CN(CC(F)F)CCN2)c1C. The second kappa shape index (κ2) is 7.84. The summed E-state index contributed by atoms with van der Waals surface area (Å²) < 4.78 is 30.1.